The lowest BCUT2D eigenvalue weighted by atomic mass is 9.65. The first-order valence-corrected chi connectivity index (χ1v) is 13.3. The molecule has 0 amide bonds. The van der Waals surface area contributed by atoms with E-state index in [0.29, 0.717) is 0 Å². The Morgan fingerprint density at radius 2 is 1.17 bits per heavy atom. The van der Waals surface area contributed by atoms with Crippen molar-refractivity contribution in [3.8, 4) is 11.1 Å². The van der Waals surface area contributed by atoms with E-state index < -0.39 is 23.7 Å². The van der Waals surface area contributed by atoms with Gasteiger partial charge in [0.1, 0.15) is 0 Å². The predicted octanol–water partition coefficient (Wildman–Crippen LogP) is 6.40. The van der Waals surface area contributed by atoms with E-state index in [2.05, 4.69) is 107 Å². The summed E-state index contributed by atoms with van der Waals surface area (Å²) in [7, 11) is -0.420. The van der Waals surface area contributed by atoms with Gasteiger partial charge in [0, 0.05) is 15.5 Å². The Morgan fingerprint density at radius 3 is 1.78 bits per heavy atom. The molecule has 0 radical (unpaired) electrons. The lowest BCUT2D eigenvalue weighted by molar-refractivity contribution is 0.00578. The van der Waals surface area contributed by atoms with Crippen molar-refractivity contribution in [3.05, 3.63) is 107 Å². The van der Waals surface area contributed by atoms with Crippen molar-refractivity contribution in [1.82, 2.24) is 0 Å². The van der Waals surface area contributed by atoms with Crippen molar-refractivity contribution in [2.24, 2.45) is 0 Å². The second-order valence-electron chi connectivity index (χ2n) is 11.0. The van der Waals surface area contributed by atoms with Crippen LogP contribution in [0.5, 0.6) is 0 Å². The van der Waals surface area contributed by atoms with E-state index in [4.69, 9.17) is 15.0 Å². The molecule has 5 heteroatoms. The molecule has 7 rings (SSSR count). The number of hydrogen-bond donors (Lipinski definition) is 1. The summed E-state index contributed by atoms with van der Waals surface area (Å²) in [5, 5.41) is 0. The van der Waals surface area contributed by atoms with Crippen LogP contribution < -0.4 is 11.2 Å². The van der Waals surface area contributed by atoms with Crippen LogP contribution in [-0.2, 0) is 14.7 Å². The highest BCUT2D eigenvalue weighted by Gasteiger charge is 2.54. The lowest BCUT2D eigenvalue weighted by Gasteiger charge is -2.40. The zero-order valence-electron chi connectivity index (χ0n) is 21.0. The molecule has 0 atom stereocenters. The summed E-state index contributed by atoms with van der Waals surface area (Å²) in [5.74, 6) is 0. The van der Waals surface area contributed by atoms with Crippen LogP contribution in [0.3, 0.4) is 0 Å². The maximum Gasteiger partial charge on any atom is 0.494 e. The Kier molecular flexibility index (Phi) is 4.50. The second kappa shape index (κ2) is 7.29. The van der Waals surface area contributed by atoms with E-state index in [1.54, 1.807) is 0 Å². The zero-order valence-corrected chi connectivity index (χ0v) is 21.8. The number of nitrogen functional groups attached to an aromatic ring is 1. The summed E-state index contributed by atoms with van der Waals surface area (Å²) >= 11 is 1.81. The maximum absolute atomic E-state index is 6.47. The van der Waals surface area contributed by atoms with Gasteiger partial charge in [-0.2, -0.15) is 0 Å². The smallest absolute Gasteiger partial charge is 0.399 e. The van der Waals surface area contributed by atoms with Crippen LogP contribution in [-0.4, -0.2) is 18.3 Å². The van der Waals surface area contributed by atoms with Crippen molar-refractivity contribution in [2.75, 3.05) is 5.73 Å². The highest BCUT2D eigenvalue weighted by atomic mass is 32.2. The highest BCUT2D eigenvalue weighted by molar-refractivity contribution is 7.99. The van der Waals surface area contributed by atoms with Gasteiger partial charge in [-0.3, -0.25) is 0 Å². The molecule has 1 fully saturated rings. The van der Waals surface area contributed by atoms with Crippen LogP contribution in [0.4, 0.5) is 5.69 Å². The molecule has 2 N–H and O–H groups in total. The van der Waals surface area contributed by atoms with E-state index in [1.807, 2.05) is 17.8 Å². The predicted molar refractivity (Wildman–Crippen MR) is 148 cm³/mol. The summed E-state index contributed by atoms with van der Waals surface area (Å²) in [6.45, 7) is 8.41. The minimum Gasteiger partial charge on any atom is -0.399 e. The van der Waals surface area contributed by atoms with E-state index in [-0.39, 0.29) is 0 Å². The molecule has 4 aromatic carbocycles. The second-order valence-corrected chi connectivity index (χ2v) is 12.1. The SMILES string of the molecule is CC1(C)OB(c2ccc3c(c2)C2(c4cc(N)ccc4S3)c3ccccc3-c3ccccc32)OC1(C)C. The summed E-state index contributed by atoms with van der Waals surface area (Å²) in [4.78, 5) is 2.49. The van der Waals surface area contributed by atoms with Gasteiger partial charge in [0.05, 0.1) is 16.6 Å². The molecule has 0 unspecified atom stereocenters. The van der Waals surface area contributed by atoms with E-state index >= 15 is 0 Å². The van der Waals surface area contributed by atoms with E-state index in [0.717, 1.165) is 11.2 Å². The number of rotatable bonds is 1. The number of anilines is 1. The van der Waals surface area contributed by atoms with Crippen molar-refractivity contribution in [2.45, 2.75) is 54.1 Å². The Hall–Kier alpha value is -2.99. The zero-order chi connectivity index (χ0) is 24.9. The van der Waals surface area contributed by atoms with Gasteiger partial charge in [0.2, 0.25) is 0 Å². The van der Waals surface area contributed by atoms with Crippen molar-refractivity contribution in [3.63, 3.8) is 0 Å². The molecule has 3 nitrogen and oxygen atoms in total. The number of hydrogen-bond acceptors (Lipinski definition) is 4. The minimum atomic E-state index is -0.460. The van der Waals surface area contributed by atoms with Crippen LogP contribution in [0.2, 0.25) is 0 Å². The van der Waals surface area contributed by atoms with Crippen molar-refractivity contribution >= 4 is 30.0 Å². The van der Waals surface area contributed by atoms with Gasteiger partial charge < -0.3 is 15.0 Å². The molecule has 0 aromatic heterocycles. The van der Waals surface area contributed by atoms with E-state index in [9.17, 15) is 0 Å². The van der Waals surface area contributed by atoms with Gasteiger partial charge in [0.25, 0.3) is 0 Å². The summed E-state index contributed by atoms with van der Waals surface area (Å²) < 4.78 is 12.9. The summed E-state index contributed by atoms with van der Waals surface area (Å²) in [6, 6.07) is 30.7. The Balaban J connectivity index is 1.54. The molecular weight excluding hydrogens is 461 g/mol. The first-order valence-electron chi connectivity index (χ1n) is 12.5. The van der Waals surface area contributed by atoms with Gasteiger partial charge in [0.15, 0.2) is 0 Å². The number of fused-ring (bicyclic) bond motifs is 9. The first-order chi connectivity index (χ1) is 17.2. The molecule has 178 valence electrons. The topological polar surface area (TPSA) is 44.5 Å². The van der Waals surface area contributed by atoms with Crippen molar-refractivity contribution < 1.29 is 9.31 Å². The van der Waals surface area contributed by atoms with Gasteiger partial charge >= 0.3 is 7.12 Å². The maximum atomic E-state index is 6.47. The Morgan fingerprint density at radius 1 is 0.639 bits per heavy atom. The molecule has 0 bridgehead atoms. The first kappa shape index (κ1) is 22.2. The van der Waals surface area contributed by atoms with Crippen LogP contribution in [0.25, 0.3) is 11.1 Å². The average molecular weight is 489 g/mol. The van der Waals surface area contributed by atoms with Crippen LogP contribution in [0.15, 0.2) is 94.7 Å². The van der Waals surface area contributed by atoms with E-state index in [1.165, 1.54) is 43.2 Å². The Labute approximate surface area is 217 Å². The average Bonchev–Trinajstić information content (AvgIpc) is 3.27. The molecule has 0 saturated carbocycles. The van der Waals surface area contributed by atoms with Crippen LogP contribution in [0, 0.1) is 0 Å². The normalized spacial score (nSPS) is 19.5. The third-order valence-corrected chi connectivity index (χ3v) is 9.66. The molecule has 1 aliphatic carbocycles. The largest absolute Gasteiger partial charge is 0.494 e. The van der Waals surface area contributed by atoms with Gasteiger partial charge in [-0.05, 0) is 90.8 Å². The minimum absolute atomic E-state index is 0.395. The molecule has 36 heavy (non-hydrogen) atoms. The molecular formula is C31H28BNO2S. The summed E-state index contributed by atoms with van der Waals surface area (Å²) in [6.07, 6.45) is 0. The number of nitrogens with two attached hydrogens (primary N) is 1. The number of benzene rings is 4. The van der Waals surface area contributed by atoms with Crippen molar-refractivity contribution in [1.29, 1.82) is 0 Å². The fourth-order valence-corrected chi connectivity index (χ4v) is 7.22. The Bertz CT molecular complexity index is 1500. The fourth-order valence-electron chi connectivity index (χ4n) is 6.06. The summed E-state index contributed by atoms with van der Waals surface area (Å²) in [5.41, 5.74) is 14.7. The monoisotopic (exact) mass is 489 g/mol. The standard InChI is InChI=1S/C31H28BNO2S/c1-29(2)30(3,4)35-32(34-29)19-13-15-27-25(17-19)31(26-18-20(33)14-16-28(26)36-27)23-11-7-5-9-21(23)22-10-6-8-12-24(22)31/h5-18H,33H2,1-4H3. The molecule has 4 aromatic rings. The fraction of sp³-hybridized carbons (Fsp3) is 0.226. The van der Waals surface area contributed by atoms with Gasteiger partial charge in [-0.25, -0.2) is 0 Å². The molecule has 2 heterocycles. The molecule has 3 aliphatic rings. The van der Waals surface area contributed by atoms with Gasteiger partial charge in [-0.15, -0.1) is 0 Å². The van der Waals surface area contributed by atoms with Crippen LogP contribution >= 0.6 is 11.8 Å². The quantitative estimate of drug-likeness (QED) is 0.215. The third kappa shape index (κ3) is 2.79. The molecule has 1 saturated heterocycles. The third-order valence-electron chi connectivity index (χ3n) is 8.51. The highest BCUT2D eigenvalue weighted by Crippen LogP contribution is 2.62. The van der Waals surface area contributed by atoms with Gasteiger partial charge in [-0.1, -0.05) is 72.4 Å². The molecule has 1 spiro atoms. The molecule has 2 aliphatic heterocycles. The lowest BCUT2D eigenvalue weighted by Crippen LogP contribution is -2.41. The van der Waals surface area contributed by atoms with Crippen LogP contribution in [0.1, 0.15) is 49.9 Å².